The van der Waals surface area contributed by atoms with Crippen molar-refractivity contribution < 1.29 is 33.5 Å². The van der Waals surface area contributed by atoms with Crippen molar-refractivity contribution in [1.29, 1.82) is 0 Å². The quantitative estimate of drug-likeness (QED) is 0.354. The van der Waals surface area contributed by atoms with E-state index in [1.165, 1.54) is 12.1 Å². The Hall–Kier alpha value is -3.63. The topological polar surface area (TPSA) is 135 Å². The third-order valence-electron chi connectivity index (χ3n) is 5.63. The van der Waals surface area contributed by atoms with Crippen molar-refractivity contribution in [3.05, 3.63) is 65.3 Å². The van der Waals surface area contributed by atoms with Gasteiger partial charge in [0.15, 0.2) is 11.9 Å². The molecule has 1 aliphatic carbocycles. The Morgan fingerprint density at radius 1 is 1.23 bits per heavy atom. The maximum atomic E-state index is 14.5. The number of rotatable bonds is 11. The standard InChI is InChI=1S/C25H26FN3O6/c1-2-21(34-18-8-5-15(6-9-18)22(32)14-3-4-14)25-28-23(29-35-25)16-7-10-19(20(26)11-16)24(33)27-12-17(31)13-30/h5-11,14,17,21,30-31H,2-4,12-13H2,1H3,(H,27,33). The second-order valence-corrected chi connectivity index (χ2v) is 8.37. The molecular formula is C25H26FN3O6. The first-order valence-corrected chi connectivity index (χ1v) is 11.4. The largest absolute Gasteiger partial charge is 0.481 e. The molecule has 1 heterocycles. The maximum Gasteiger partial charge on any atom is 0.268 e. The molecule has 0 saturated heterocycles. The zero-order valence-corrected chi connectivity index (χ0v) is 19.1. The number of hydrogen-bond acceptors (Lipinski definition) is 8. The number of Topliss-reactive ketones (excluding diaryl/α,β-unsaturated/α-hetero) is 1. The van der Waals surface area contributed by atoms with Gasteiger partial charge in [-0.05, 0) is 55.7 Å². The summed E-state index contributed by atoms with van der Waals surface area (Å²) in [5, 5.41) is 24.4. The van der Waals surface area contributed by atoms with Gasteiger partial charge in [-0.1, -0.05) is 18.1 Å². The first-order chi connectivity index (χ1) is 16.9. The number of halogens is 1. The SMILES string of the molecule is CCC(Oc1ccc(C(=O)C2CC2)cc1)c1nc(-c2ccc(C(=O)NCC(O)CO)c(F)c2)no1. The van der Waals surface area contributed by atoms with Gasteiger partial charge in [-0.15, -0.1) is 0 Å². The van der Waals surface area contributed by atoms with Gasteiger partial charge < -0.3 is 24.8 Å². The van der Waals surface area contributed by atoms with Crippen molar-refractivity contribution in [3.8, 4) is 17.1 Å². The fourth-order valence-electron chi connectivity index (χ4n) is 3.44. The molecule has 0 radical (unpaired) electrons. The van der Waals surface area contributed by atoms with Crippen LogP contribution in [0.2, 0.25) is 0 Å². The molecule has 184 valence electrons. The molecule has 0 bridgehead atoms. The summed E-state index contributed by atoms with van der Waals surface area (Å²) >= 11 is 0. The summed E-state index contributed by atoms with van der Waals surface area (Å²) < 4.78 is 25.9. The molecule has 9 nitrogen and oxygen atoms in total. The number of aliphatic hydroxyl groups is 2. The minimum absolute atomic E-state index is 0.133. The van der Waals surface area contributed by atoms with Gasteiger partial charge in [0.2, 0.25) is 5.82 Å². The Morgan fingerprint density at radius 3 is 2.60 bits per heavy atom. The number of amides is 1. The smallest absolute Gasteiger partial charge is 0.268 e. The third kappa shape index (κ3) is 5.90. The van der Waals surface area contributed by atoms with Crippen LogP contribution in [-0.4, -0.2) is 51.3 Å². The highest BCUT2D eigenvalue weighted by Crippen LogP contribution is 2.33. The predicted octanol–water partition coefficient (Wildman–Crippen LogP) is 3.08. The molecule has 1 saturated carbocycles. The van der Waals surface area contributed by atoms with Crippen molar-refractivity contribution in [2.24, 2.45) is 5.92 Å². The number of ether oxygens (including phenoxy) is 1. The number of aromatic nitrogens is 2. The summed E-state index contributed by atoms with van der Waals surface area (Å²) in [5.74, 6) is -0.321. The van der Waals surface area contributed by atoms with Crippen molar-refractivity contribution in [1.82, 2.24) is 15.5 Å². The lowest BCUT2D eigenvalue weighted by Gasteiger charge is -2.13. The fourth-order valence-corrected chi connectivity index (χ4v) is 3.44. The van der Waals surface area contributed by atoms with E-state index in [2.05, 4.69) is 15.5 Å². The minimum atomic E-state index is -1.13. The lowest BCUT2D eigenvalue weighted by Crippen LogP contribution is -2.34. The average Bonchev–Trinajstić information content (AvgIpc) is 3.61. The first kappa shape index (κ1) is 24.5. The van der Waals surface area contributed by atoms with Gasteiger partial charge in [0.05, 0.1) is 18.3 Å². The summed E-state index contributed by atoms with van der Waals surface area (Å²) in [6.07, 6.45) is 0.744. The van der Waals surface area contributed by atoms with Crippen molar-refractivity contribution in [2.45, 2.75) is 38.4 Å². The van der Waals surface area contributed by atoms with E-state index in [-0.39, 0.29) is 35.5 Å². The normalized spacial score (nSPS) is 14.9. The van der Waals surface area contributed by atoms with Gasteiger partial charge >= 0.3 is 0 Å². The zero-order chi connectivity index (χ0) is 24.9. The minimum Gasteiger partial charge on any atom is -0.481 e. The molecule has 2 aromatic carbocycles. The summed E-state index contributed by atoms with van der Waals surface area (Å²) in [4.78, 5) is 28.6. The van der Waals surface area contributed by atoms with Crippen LogP contribution < -0.4 is 10.1 Å². The van der Waals surface area contributed by atoms with E-state index in [0.717, 1.165) is 18.9 Å². The van der Waals surface area contributed by atoms with E-state index in [1.54, 1.807) is 24.3 Å². The molecule has 4 rings (SSSR count). The van der Waals surface area contributed by atoms with E-state index in [4.69, 9.17) is 14.4 Å². The highest BCUT2D eigenvalue weighted by molar-refractivity contribution is 5.99. The fraction of sp³-hybridized carbons (Fsp3) is 0.360. The molecule has 3 N–H and O–H groups in total. The van der Waals surface area contributed by atoms with Gasteiger partial charge in [-0.25, -0.2) is 4.39 Å². The summed E-state index contributed by atoms with van der Waals surface area (Å²) in [7, 11) is 0. The first-order valence-electron chi connectivity index (χ1n) is 11.4. The maximum absolute atomic E-state index is 14.5. The summed E-state index contributed by atoms with van der Waals surface area (Å²) in [6.45, 7) is 1.17. The lowest BCUT2D eigenvalue weighted by atomic mass is 10.1. The Labute approximate surface area is 200 Å². The molecular weight excluding hydrogens is 457 g/mol. The number of carbonyl (C=O) groups is 2. The van der Waals surface area contributed by atoms with Crippen LogP contribution >= 0.6 is 0 Å². The molecule has 10 heteroatoms. The molecule has 2 unspecified atom stereocenters. The summed E-state index contributed by atoms with van der Waals surface area (Å²) in [5.41, 5.74) is 0.750. The molecule has 0 aliphatic heterocycles. The highest BCUT2D eigenvalue weighted by atomic mass is 19.1. The van der Waals surface area contributed by atoms with Gasteiger partial charge in [-0.2, -0.15) is 4.98 Å². The Bertz CT molecular complexity index is 1190. The average molecular weight is 483 g/mol. The summed E-state index contributed by atoms with van der Waals surface area (Å²) in [6, 6.07) is 10.8. The van der Waals surface area contributed by atoms with E-state index in [1.807, 2.05) is 6.92 Å². The second kappa shape index (κ2) is 10.7. The molecule has 1 amide bonds. The van der Waals surface area contributed by atoms with Crippen LogP contribution in [0, 0.1) is 11.7 Å². The van der Waals surface area contributed by atoms with E-state index in [0.29, 0.717) is 23.3 Å². The monoisotopic (exact) mass is 483 g/mol. The number of ketones is 1. The number of nitrogens with one attached hydrogen (secondary N) is 1. The van der Waals surface area contributed by atoms with Gasteiger partial charge in [0.1, 0.15) is 11.6 Å². The molecule has 1 aliphatic rings. The molecule has 1 fully saturated rings. The van der Waals surface area contributed by atoms with Gasteiger partial charge in [-0.3, -0.25) is 9.59 Å². The number of benzene rings is 2. The van der Waals surface area contributed by atoms with Crippen LogP contribution in [0.3, 0.4) is 0 Å². The molecule has 3 aromatic rings. The zero-order valence-electron chi connectivity index (χ0n) is 19.1. The lowest BCUT2D eigenvalue weighted by molar-refractivity contribution is 0.0799. The second-order valence-electron chi connectivity index (χ2n) is 8.37. The molecule has 35 heavy (non-hydrogen) atoms. The van der Waals surface area contributed by atoms with Crippen LogP contribution in [-0.2, 0) is 0 Å². The molecule has 0 spiro atoms. The van der Waals surface area contributed by atoms with Gasteiger partial charge in [0, 0.05) is 23.6 Å². The van der Waals surface area contributed by atoms with E-state index < -0.39 is 30.5 Å². The van der Waals surface area contributed by atoms with E-state index >= 15 is 0 Å². The van der Waals surface area contributed by atoms with E-state index in [9.17, 15) is 19.1 Å². The van der Waals surface area contributed by atoms with Crippen molar-refractivity contribution >= 4 is 11.7 Å². The van der Waals surface area contributed by atoms with Crippen LogP contribution in [0.4, 0.5) is 4.39 Å². The number of carbonyl (C=O) groups excluding carboxylic acids is 2. The van der Waals surface area contributed by atoms with Crippen LogP contribution in [0.15, 0.2) is 47.0 Å². The number of hydrogen-bond donors (Lipinski definition) is 3. The number of aliphatic hydroxyl groups excluding tert-OH is 2. The Morgan fingerprint density at radius 2 is 1.97 bits per heavy atom. The number of nitrogens with zero attached hydrogens (tertiary/aromatic N) is 2. The third-order valence-corrected chi connectivity index (χ3v) is 5.63. The van der Waals surface area contributed by atoms with Crippen LogP contribution in [0.5, 0.6) is 5.75 Å². The van der Waals surface area contributed by atoms with Crippen LogP contribution in [0.25, 0.3) is 11.4 Å². The molecule has 2 atom stereocenters. The molecule has 1 aromatic heterocycles. The predicted molar refractivity (Wildman–Crippen MR) is 122 cm³/mol. The Kier molecular flexibility index (Phi) is 7.52. The Balaban J connectivity index is 1.43. The van der Waals surface area contributed by atoms with Gasteiger partial charge in [0.25, 0.3) is 11.8 Å². The van der Waals surface area contributed by atoms with Crippen LogP contribution in [0.1, 0.15) is 58.9 Å². The highest BCUT2D eigenvalue weighted by Gasteiger charge is 2.30. The van der Waals surface area contributed by atoms with Crippen molar-refractivity contribution in [3.63, 3.8) is 0 Å². The van der Waals surface area contributed by atoms with Crippen molar-refractivity contribution in [2.75, 3.05) is 13.2 Å².